The van der Waals surface area contributed by atoms with Gasteiger partial charge in [0.2, 0.25) is 5.91 Å². The van der Waals surface area contributed by atoms with E-state index in [0.717, 1.165) is 24.7 Å². The van der Waals surface area contributed by atoms with Gasteiger partial charge in [-0.05, 0) is 37.0 Å². The molecule has 19 heavy (non-hydrogen) atoms. The summed E-state index contributed by atoms with van der Waals surface area (Å²) >= 11 is 0. The van der Waals surface area contributed by atoms with Gasteiger partial charge in [-0.2, -0.15) is 0 Å². The Morgan fingerprint density at radius 1 is 1.16 bits per heavy atom. The third-order valence-electron chi connectivity index (χ3n) is 5.30. The third kappa shape index (κ3) is 3.71. The summed E-state index contributed by atoms with van der Waals surface area (Å²) in [5, 5.41) is 3.17. The van der Waals surface area contributed by atoms with Gasteiger partial charge in [-0.3, -0.25) is 4.79 Å². The predicted octanol–water partition coefficient (Wildman–Crippen LogP) is 2.69. The Bertz CT molecular complexity index is 303. The molecule has 3 nitrogen and oxygen atoms in total. The zero-order valence-electron chi connectivity index (χ0n) is 12.5. The lowest BCUT2D eigenvalue weighted by Crippen LogP contribution is -2.47. The highest BCUT2D eigenvalue weighted by molar-refractivity contribution is 5.79. The average Bonchev–Trinajstić information content (AvgIpc) is 2.43. The van der Waals surface area contributed by atoms with Crippen LogP contribution >= 0.6 is 0 Å². The van der Waals surface area contributed by atoms with Crippen LogP contribution in [0.5, 0.6) is 0 Å². The van der Waals surface area contributed by atoms with Crippen LogP contribution < -0.4 is 11.1 Å². The molecule has 0 aromatic carbocycles. The van der Waals surface area contributed by atoms with Crippen LogP contribution in [0.1, 0.15) is 58.8 Å². The Balaban J connectivity index is 1.86. The fourth-order valence-electron chi connectivity index (χ4n) is 3.91. The van der Waals surface area contributed by atoms with E-state index in [9.17, 15) is 4.79 Å². The molecule has 0 radical (unpaired) electrons. The van der Waals surface area contributed by atoms with Gasteiger partial charge in [0.1, 0.15) is 0 Å². The summed E-state index contributed by atoms with van der Waals surface area (Å²) in [5.41, 5.74) is 5.74. The van der Waals surface area contributed by atoms with Crippen LogP contribution in [0.4, 0.5) is 0 Å². The largest absolute Gasteiger partial charge is 0.352 e. The molecular formula is C16H30N2O. The molecular weight excluding hydrogens is 236 g/mol. The first-order valence-corrected chi connectivity index (χ1v) is 8.12. The van der Waals surface area contributed by atoms with Crippen LogP contribution in [0.3, 0.4) is 0 Å². The maximum atomic E-state index is 12.4. The number of fused-ring (bicyclic) bond motifs is 1. The Morgan fingerprint density at radius 2 is 1.84 bits per heavy atom. The molecule has 0 spiro atoms. The highest BCUT2D eigenvalue weighted by Crippen LogP contribution is 2.42. The fourth-order valence-corrected chi connectivity index (χ4v) is 3.91. The van der Waals surface area contributed by atoms with Gasteiger partial charge in [0.05, 0.1) is 0 Å². The van der Waals surface area contributed by atoms with Crippen molar-refractivity contribution in [3.05, 3.63) is 0 Å². The van der Waals surface area contributed by atoms with Crippen molar-refractivity contribution in [2.24, 2.45) is 29.4 Å². The standard InChI is InChI=1S/C16H30N2O/c1-11(2)15(10-17)18-16(19)14-8-7-12-5-3-4-6-13(12)9-14/h11-15H,3-10,17H2,1-2H3,(H,18,19). The first kappa shape index (κ1) is 14.8. The van der Waals surface area contributed by atoms with Crippen molar-refractivity contribution in [1.29, 1.82) is 0 Å². The summed E-state index contributed by atoms with van der Waals surface area (Å²) in [6.07, 6.45) is 8.98. The molecule has 110 valence electrons. The molecule has 2 saturated carbocycles. The predicted molar refractivity (Wildman–Crippen MR) is 78.6 cm³/mol. The summed E-state index contributed by atoms with van der Waals surface area (Å²) in [4.78, 5) is 12.4. The number of hydrogen-bond donors (Lipinski definition) is 2. The normalized spacial score (nSPS) is 32.7. The molecule has 3 N–H and O–H groups in total. The second-order valence-electron chi connectivity index (χ2n) is 6.91. The van der Waals surface area contributed by atoms with E-state index >= 15 is 0 Å². The molecule has 0 heterocycles. The van der Waals surface area contributed by atoms with Crippen LogP contribution in [0.2, 0.25) is 0 Å². The van der Waals surface area contributed by atoms with Crippen LogP contribution in [0.25, 0.3) is 0 Å². The van der Waals surface area contributed by atoms with E-state index < -0.39 is 0 Å². The van der Waals surface area contributed by atoms with Crippen LogP contribution in [-0.2, 0) is 4.79 Å². The Labute approximate surface area is 117 Å². The van der Waals surface area contributed by atoms with Crippen molar-refractivity contribution in [1.82, 2.24) is 5.32 Å². The lowest BCUT2D eigenvalue weighted by Gasteiger charge is -2.39. The Morgan fingerprint density at radius 3 is 2.47 bits per heavy atom. The number of nitrogens with two attached hydrogens (primary N) is 1. The van der Waals surface area contributed by atoms with E-state index in [4.69, 9.17) is 5.73 Å². The number of nitrogens with one attached hydrogen (secondary N) is 1. The molecule has 2 aliphatic carbocycles. The quantitative estimate of drug-likeness (QED) is 0.822. The van der Waals surface area contributed by atoms with Crippen molar-refractivity contribution in [3.8, 4) is 0 Å². The molecule has 1 amide bonds. The summed E-state index contributed by atoms with van der Waals surface area (Å²) in [7, 11) is 0. The average molecular weight is 266 g/mol. The van der Waals surface area contributed by atoms with E-state index in [1.165, 1.54) is 32.1 Å². The van der Waals surface area contributed by atoms with Crippen molar-refractivity contribution >= 4 is 5.91 Å². The SMILES string of the molecule is CC(C)C(CN)NC(=O)C1CCC2CCCCC2C1. The van der Waals surface area contributed by atoms with Crippen LogP contribution in [0.15, 0.2) is 0 Å². The van der Waals surface area contributed by atoms with Crippen LogP contribution in [0, 0.1) is 23.7 Å². The highest BCUT2D eigenvalue weighted by Gasteiger charge is 2.35. The van der Waals surface area contributed by atoms with Crippen molar-refractivity contribution in [2.75, 3.05) is 6.54 Å². The lowest BCUT2D eigenvalue weighted by molar-refractivity contribution is -0.128. The van der Waals surface area contributed by atoms with Crippen LogP contribution in [-0.4, -0.2) is 18.5 Å². The minimum absolute atomic E-state index is 0.136. The van der Waals surface area contributed by atoms with E-state index in [1.54, 1.807) is 0 Å². The molecule has 0 saturated heterocycles. The van der Waals surface area contributed by atoms with E-state index in [0.29, 0.717) is 12.5 Å². The molecule has 2 aliphatic rings. The summed E-state index contributed by atoms with van der Waals surface area (Å²) < 4.78 is 0. The van der Waals surface area contributed by atoms with Gasteiger partial charge in [-0.15, -0.1) is 0 Å². The highest BCUT2D eigenvalue weighted by atomic mass is 16.1. The van der Waals surface area contributed by atoms with Crippen molar-refractivity contribution in [3.63, 3.8) is 0 Å². The van der Waals surface area contributed by atoms with Gasteiger partial charge in [-0.1, -0.05) is 39.5 Å². The maximum Gasteiger partial charge on any atom is 0.223 e. The molecule has 2 fully saturated rings. The summed E-state index contributed by atoms with van der Waals surface area (Å²) in [6.45, 7) is 4.79. The fraction of sp³-hybridized carbons (Fsp3) is 0.938. The Kier molecular flexibility index (Phi) is 5.26. The number of carbonyl (C=O) groups is 1. The molecule has 4 atom stereocenters. The minimum Gasteiger partial charge on any atom is -0.352 e. The third-order valence-corrected chi connectivity index (χ3v) is 5.30. The van der Waals surface area contributed by atoms with Gasteiger partial charge >= 0.3 is 0 Å². The van der Waals surface area contributed by atoms with Gasteiger partial charge in [0, 0.05) is 18.5 Å². The number of carbonyl (C=O) groups excluding carboxylic acids is 1. The number of amides is 1. The van der Waals surface area contributed by atoms with Crippen molar-refractivity contribution in [2.45, 2.75) is 64.8 Å². The summed E-state index contributed by atoms with van der Waals surface area (Å²) in [5.74, 6) is 2.64. The zero-order valence-corrected chi connectivity index (χ0v) is 12.5. The number of rotatable bonds is 4. The van der Waals surface area contributed by atoms with Gasteiger partial charge < -0.3 is 11.1 Å². The molecule has 0 aliphatic heterocycles. The topological polar surface area (TPSA) is 55.1 Å². The first-order chi connectivity index (χ1) is 9.11. The second kappa shape index (κ2) is 6.74. The maximum absolute atomic E-state index is 12.4. The number of hydrogen-bond acceptors (Lipinski definition) is 2. The second-order valence-corrected chi connectivity index (χ2v) is 6.91. The molecule has 0 aromatic rings. The van der Waals surface area contributed by atoms with E-state index in [-0.39, 0.29) is 17.9 Å². The van der Waals surface area contributed by atoms with Gasteiger partial charge in [0.25, 0.3) is 0 Å². The Hall–Kier alpha value is -0.570. The van der Waals surface area contributed by atoms with Crippen molar-refractivity contribution < 1.29 is 4.79 Å². The molecule has 0 aromatic heterocycles. The first-order valence-electron chi connectivity index (χ1n) is 8.12. The van der Waals surface area contributed by atoms with E-state index in [1.807, 2.05) is 0 Å². The molecule has 2 rings (SSSR count). The van der Waals surface area contributed by atoms with E-state index in [2.05, 4.69) is 19.2 Å². The zero-order chi connectivity index (χ0) is 13.8. The molecule has 0 bridgehead atoms. The smallest absolute Gasteiger partial charge is 0.223 e. The summed E-state index contributed by atoms with van der Waals surface area (Å²) in [6, 6.07) is 0.136. The molecule has 4 unspecified atom stereocenters. The monoisotopic (exact) mass is 266 g/mol. The van der Waals surface area contributed by atoms with Gasteiger partial charge in [0.15, 0.2) is 0 Å². The minimum atomic E-state index is 0.136. The van der Waals surface area contributed by atoms with Gasteiger partial charge in [-0.25, -0.2) is 0 Å². The molecule has 3 heteroatoms. The lowest BCUT2D eigenvalue weighted by atomic mass is 9.67.